The lowest BCUT2D eigenvalue weighted by Gasteiger charge is -2.01. The van der Waals surface area contributed by atoms with Crippen molar-refractivity contribution >= 4 is 12.4 Å². The van der Waals surface area contributed by atoms with Crippen molar-refractivity contribution in [3.05, 3.63) is 0 Å². The van der Waals surface area contributed by atoms with Crippen molar-refractivity contribution in [3.8, 4) is 0 Å². The van der Waals surface area contributed by atoms with Crippen LogP contribution in [0.2, 0.25) is 0 Å². The minimum Gasteiger partial charge on any atom is -0.286 e. The summed E-state index contributed by atoms with van der Waals surface area (Å²) in [6.07, 6.45) is -5.09. The highest BCUT2D eigenvalue weighted by Crippen LogP contribution is 1.99. The molecule has 0 radical (unpaired) electrons. The fourth-order valence-electron chi connectivity index (χ4n) is 0.126. The van der Waals surface area contributed by atoms with E-state index in [1.165, 1.54) is 0 Å². The molecule has 0 fully saturated rings. The Hall–Kier alpha value is 0.0400. The van der Waals surface area contributed by atoms with Crippen LogP contribution in [0.25, 0.3) is 0 Å². The maximum Gasteiger partial charge on any atom is 0.282 e. The molecule has 0 aliphatic rings. The van der Waals surface area contributed by atoms with Crippen molar-refractivity contribution in [1.82, 2.24) is 5.32 Å². The van der Waals surface area contributed by atoms with Crippen LogP contribution in [-0.2, 0) is 0 Å². The van der Waals surface area contributed by atoms with E-state index in [9.17, 15) is 13.2 Å². The third-order valence-corrected chi connectivity index (χ3v) is 0.497. The van der Waals surface area contributed by atoms with Crippen LogP contribution in [0.5, 0.6) is 0 Å². The van der Waals surface area contributed by atoms with E-state index in [1.54, 1.807) is 5.32 Å². The summed E-state index contributed by atoms with van der Waals surface area (Å²) < 4.78 is 33.4. The molecule has 1 atom stereocenters. The Kier molecular flexibility index (Phi) is 7.08. The Balaban J connectivity index is 0. The van der Waals surface area contributed by atoms with Crippen molar-refractivity contribution in [2.24, 2.45) is 0 Å². The second-order valence-corrected chi connectivity index (χ2v) is 1.02. The van der Waals surface area contributed by atoms with Gasteiger partial charge in [-0.3, -0.25) is 5.32 Å². The molecule has 0 amide bonds. The summed E-state index contributed by atoms with van der Waals surface area (Å²) in [6, 6.07) is 0. The zero-order valence-electron chi connectivity index (χ0n) is 4.20. The van der Waals surface area contributed by atoms with Crippen molar-refractivity contribution in [3.63, 3.8) is 0 Å². The van der Waals surface area contributed by atoms with Crippen LogP contribution < -0.4 is 5.32 Å². The molecule has 0 rings (SSSR count). The third kappa shape index (κ3) is 4.21. The number of rotatable bonds is 2. The second-order valence-electron chi connectivity index (χ2n) is 1.02. The Labute approximate surface area is 51.7 Å². The number of hydrogen-bond acceptors (Lipinski definition) is 1. The van der Waals surface area contributed by atoms with Gasteiger partial charge in [0.2, 0.25) is 6.30 Å². The maximum atomic E-state index is 11.4. The SMILES string of the molecule is CNC(F)C(F)F.Cl. The number of halogens is 4. The Morgan fingerprint density at radius 3 is 1.62 bits per heavy atom. The fraction of sp³-hybridized carbons (Fsp3) is 1.00. The highest BCUT2D eigenvalue weighted by molar-refractivity contribution is 5.85. The van der Waals surface area contributed by atoms with Gasteiger partial charge in [0.15, 0.2) is 0 Å². The lowest BCUT2D eigenvalue weighted by atomic mass is 10.6. The van der Waals surface area contributed by atoms with Crippen LogP contribution in [0.4, 0.5) is 13.2 Å². The monoisotopic (exact) mass is 149 g/mol. The molecular weight excluding hydrogens is 142 g/mol. The minimum atomic E-state index is -2.91. The third-order valence-electron chi connectivity index (χ3n) is 0.497. The summed E-state index contributed by atoms with van der Waals surface area (Å²) >= 11 is 0. The average Bonchev–Trinajstić information content (AvgIpc) is 1.65. The molecule has 0 saturated heterocycles. The molecule has 5 heteroatoms. The van der Waals surface area contributed by atoms with Gasteiger partial charge in [0.05, 0.1) is 0 Å². The van der Waals surface area contributed by atoms with Crippen molar-refractivity contribution in [2.45, 2.75) is 12.7 Å². The summed E-state index contributed by atoms with van der Waals surface area (Å²) in [4.78, 5) is 0. The largest absolute Gasteiger partial charge is 0.286 e. The molecular formula is C3H7ClF3N. The lowest BCUT2D eigenvalue weighted by molar-refractivity contribution is 0.0354. The maximum absolute atomic E-state index is 11.4. The topological polar surface area (TPSA) is 12.0 Å². The molecule has 0 heterocycles. The van der Waals surface area contributed by atoms with Gasteiger partial charge >= 0.3 is 0 Å². The van der Waals surface area contributed by atoms with E-state index < -0.39 is 12.7 Å². The van der Waals surface area contributed by atoms with E-state index in [0.29, 0.717) is 0 Å². The first-order chi connectivity index (χ1) is 3.18. The summed E-state index contributed by atoms with van der Waals surface area (Å²) in [6.45, 7) is 0. The van der Waals surface area contributed by atoms with E-state index in [4.69, 9.17) is 0 Å². The van der Waals surface area contributed by atoms with Gasteiger partial charge < -0.3 is 0 Å². The Morgan fingerprint density at radius 2 is 1.62 bits per heavy atom. The molecule has 0 saturated carbocycles. The normalized spacial score (nSPS) is 13.1. The van der Waals surface area contributed by atoms with Crippen LogP contribution in [0, 0.1) is 0 Å². The van der Waals surface area contributed by atoms with Gasteiger partial charge in [-0.05, 0) is 7.05 Å². The van der Waals surface area contributed by atoms with E-state index in [2.05, 4.69) is 0 Å². The molecule has 1 unspecified atom stereocenters. The van der Waals surface area contributed by atoms with Crippen LogP contribution in [0.1, 0.15) is 0 Å². The number of hydrogen-bond donors (Lipinski definition) is 1. The summed E-state index contributed by atoms with van der Waals surface area (Å²) in [5.41, 5.74) is 0. The first kappa shape index (κ1) is 10.9. The van der Waals surface area contributed by atoms with E-state index >= 15 is 0 Å². The van der Waals surface area contributed by atoms with Crippen LogP contribution in [0.15, 0.2) is 0 Å². The number of nitrogens with one attached hydrogen (secondary N) is 1. The zero-order valence-corrected chi connectivity index (χ0v) is 5.01. The Morgan fingerprint density at radius 1 is 1.25 bits per heavy atom. The standard InChI is InChI=1S/C3H6F3N.ClH/c1-7-3(6)2(4)5;/h2-3,7H,1H3;1H. The van der Waals surface area contributed by atoms with Gasteiger partial charge in [-0.2, -0.15) is 0 Å². The predicted octanol–water partition coefficient (Wildman–Crippen LogP) is 1.19. The minimum absolute atomic E-state index is 0. The summed E-state index contributed by atoms with van der Waals surface area (Å²) in [7, 11) is 1.14. The molecule has 52 valence electrons. The molecule has 0 aromatic carbocycles. The van der Waals surface area contributed by atoms with Crippen molar-refractivity contribution in [2.75, 3.05) is 7.05 Å². The fourth-order valence-corrected chi connectivity index (χ4v) is 0.126. The van der Waals surface area contributed by atoms with Crippen molar-refractivity contribution in [1.29, 1.82) is 0 Å². The van der Waals surface area contributed by atoms with E-state index in [1.807, 2.05) is 0 Å². The first-order valence-corrected chi connectivity index (χ1v) is 1.78. The molecule has 1 nitrogen and oxygen atoms in total. The molecule has 1 N–H and O–H groups in total. The molecule has 0 aromatic heterocycles. The van der Waals surface area contributed by atoms with E-state index in [0.717, 1.165) is 7.05 Å². The molecule has 0 bridgehead atoms. The lowest BCUT2D eigenvalue weighted by Crippen LogP contribution is -2.27. The van der Waals surface area contributed by atoms with Gasteiger partial charge in [0, 0.05) is 0 Å². The Bertz CT molecular complexity index is 51.8. The van der Waals surface area contributed by atoms with Gasteiger partial charge in [0.25, 0.3) is 6.43 Å². The molecule has 0 aliphatic heterocycles. The van der Waals surface area contributed by atoms with Crippen molar-refractivity contribution < 1.29 is 13.2 Å². The predicted molar refractivity (Wildman–Crippen MR) is 27.2 cm³/mol. The van der Waals surface area contributed by atoms with Crippen LogP contribution in [0.3, 0.4) is 0 Å². The van der Waals surface area contributed by atoms with Crippen LogP contribution >= 0.6 is 12.4 Å². The molecule has 0 aliphatic carbocycles. The molecule has 0 aromatic rings. The van der Waals surface area contributed by atoms with E-state index in [-0.39, 0.29) is 12.4 Å². The second kappa shape index (κ2) is 5.18. The van der Waals surface area contributed by atoms with Crippen LogP contribution in [-0.4, -0.2) is 19.8 Å². The highest BCUT2D eigenvalue weighted by atomic mass is 35.5. The highest BCUT2D eigenvalue weighted by Gasteiger charge is 2.14. The zero-order chi connectivity index (χ0) is 5.86. The first-order valence-electron chi connectivity index (χ1n) is 1.78. The summed E-state index contributed by atoms with van der Waals surface area (Å²) in [5, 5.41) is 1.75. The average molecular weight is 150 g/mol. The molecule has 8 heavy (non-hydrogen) atoms. The molecule has 0 spiro atoms. The summed E-state index contributed by atoms with van der Waals surface area (Å²) in [5.74, 6) is 0. The van der Waals surface area contributed by atoms with Gasteiger partial charge in [-0.25, -0.2) is 13.2 Å². The quantitative estimate of drug-likeness (QED) is 0.582. The number of alkyl halides is 3. The van der Waals surface area contributed by atoms with Gasteiger partial charge in [-0.15, -0.1) is 12.4 Å². The smallest absolute Gasteiger partial charge is 0.282 e. The van der Waals surface area contributed by atoms with Gasteiger partial charge in [0.1, 0.15) is 0 Å². The van der Waals surface area contributed by atoms with Gasteiger partial charge in [-0.1, -0.05) is 0 Å².